The fourth-order valence-electron chi connectivity index (χ4n) is 2.43. The molecule has 100 valence electrons. The largest absolute Gasteiger partial charge is 0.477 e. The molecule has 0 bridgehead atoms. The Bertz CT molecular complexity index is 525. The van der Waals surface area contributed by atoms with E-state index in [-0.39, 0.29) is 5.91 Å². The molecule has 0 aliphatic carbocycles. The van der Waals surface area contributed by atoms with Gasteiger partial charge in [-0.3, -0.25) is 4.79 Å². The van der Waals surface area contributed by atoms with Gasteiger partial charge in [0.05, 0.1) is 12.2 Å². The van der Waals surface area contributed by atoms with Crippen LogP contribution in [0, 0.1) is 0 Å². The van der Waals surface area contributed by atoms with Crippen LogP contribution >= 0.6 is 0 Å². The van der Waals surface area contributed by atoms with Crippen molar-refractivity contribution in [2.45, 2.75) is 19.4 Å². The first kappa shape index (κ1) is 12.1. The number of nitrogens with one attached hydrogen (secondary N) is 1. The number of hydrogen-bond acceptors (Lipinski definition) is 3. The fraction of sp³-hybridized carbons (Fsp3) is 0.400. The molecule has 1 N–H and O–H groups in total. The molecule has 2 aliphatic rings. The molecule has 2 aliphatic heterocycles. The standard InChI is InChI=1S/C15H18N2O2/c1-11-6-8-17(9-7-11)15(18)14-10-16-12-4-2-3-5-13(12)19-14/h2-6,14,16H,7-10H2,1H3. The number of anilines is 1. The van der Waals surface area contributed by atoms with Gasteiger partial charge in [-0.1, -0.05) is 23.8 Å². The topological polar surface area (TPSA) is 41.6 Å². The SMILES string of the molecule is CC1=CCN(C(=O)C2CNc3ccccc3O2)CC1. The van der Waals surface area contributed by atoms with E-state index >= 15 is 0 Å². The van der Waals surface area contributed by atoms with Crippen molar-refractivity contribution in [3.8, 4) is 5.75 Å². The first-order chi connectivity index (χ1) is 9.24. The van der Waals surface area contributed by atoms with Crippen LogP contribution in [0.4, 0.5) is 5.69 Å². The van der Waals surface area contributed by atoms with Crippen molar-refractivity contribution in [3.63, 3.8) is 0 Å². The summed E-state index contributed by atoms with van der Waals surface area (Å²) < 4.78 is 5.80. The number of benzene rings is 1. The van der Waals surface area contributed by atoms with Crippen molar-refractivity contribution < 1.29 is 9.53 Å². The average Bonchev–Trinajstić information content (AvgIpc) is 2.47. The fourth-order valence-corrected chi connectivity index (χ4v) is 2.43. The summed E-state index contributed by atoms with van der Waals surface area (Å²) in [6.07, 6.45) is 2.66. The van der Waals surface area contributed by atoms with Crippen LogP contribution in [0.15, 0.2) is 35.9 Å². The number of carbonyl (C=O) groups is 1. The lowest BCUT2D eigenvalue weighted by Crippen LogP contribution is -2.48. The summed E-state index contributed by atoms with van der Waals surface area (Å²) in [4.78, 5) is 14.3. The van der Waals surface area contributed by atoms with Crippen LogP contribution in [-0.4, -0.2) is 36.5 Å². The maximum absolute atomic E-state index is 12.4. The van der Waals surface area contributed by atoms with E-state index in [4.69, 9.17) is 4.74 Å². The van der Waals surface area contributed by atoms with Crippen molar-refractivity contribution in [3.05, 3.63) is 35.9 Å². The van der Waals surface area contributed by atoms with Crippen LogP contribution in [0.2, 0.25) is 0 Å². The number of nitrogens with zero attached hydrogens (tertiary/aromatic N) is 1. The molecule has 0 aromatic heterocycles. The van der Waals surface area contributed by atoms with E-state index in [1.54, 1.807) is 0 Å². The van der Waals surface area contributed by atoms with Gasteiger partial charge in [-0.2, -0.15) is 0 Å². The molecule has 0 radical (unpaired) electrons. The molecule has 0 saturated heterocycles. The van der Waals surface area contributed by atoms with Crippen molar-refractivity contribution in [2.75, 3.05) is 25.0 Å². The summed E-state index contributed by atoms with van der Waals surface area (Å²) in [7, 11) is 0. The smallest absolute Gasteiger partial charge is 0.265 e. The van der Waals surface area contributed by atoms with Crippen LogP contribution in [0.5, 0.6) is 5.75 Å². The summed E-state index contributed by atoms with van der Waals surface area (Å²) >= 11 is 0. The quantitative estimate of drug-likeness (QED) is 0.784. The van der Waals surface area contributed by atoms with Gasteiger partial charge in [-0.25, -0.2) is 0 Å². The molecule has 1 amide bonds. The predicted octanol–water partition coefficient (Wildman–Crippen LogP) is 2.04. The molecule has 1 aromatic carbocycles. The van der Waals surface area contributed by atoms with Gasteiger partial charge in [0.1, 0.15) is 5.75 Å². The summed E-state index contributed by atoms with van der Waals surface area (Å²) in [5.41, 5.74) is 2.32. The number of hydrogen-bond donors (Lipinski definition) is 1. The van der Waals surface area contributed by atoms with E-state index in [2.05, 4.69) is 18.3 Å². The number of fused-ring (bicyclic) bond motifs is 1. The lowest BCUT2D eigenvalue weighted by atomic mass is 10.1. The number of rotatable bonds is 1. The Morgan fingerprint density at radius 2 is 2.26 bits per heavy atom. The van der Waals surface area contributed by atoms with Gasteiger partial charge >= 0.3 is 0 Å². The number of para-hydroxylation sites is 2. The van der Waals surface area contributed by atoms with E-state index in [1.807, 2.05) is 29.2 Å². The second-order valence-electron chi connectivity index (χ2n) is 5.07. The second-order valence-corrected chi connectivity index (χ2v) is 5.07. The molecule has 1 unspecified atom stereocenters. The third kappa shape index (κ3) is 2.43. The van der Waals surface area contributed by atoms with E-state index < -0.39 is 6.10 Å². The van der Waals surface area contributed by atoms with Gasteiger partial charge in [0.2, 0.25) is 0 Å². The molecule has 2 heterocycles. The Labute approximate surface area is 113 Å². The lowest BCUT2D eigenvalue weighted by Gasteiger charge is -2.32. The van der Waals surface area contributed by atoms with Crippen LogP contribution < -0.4 is 10.1 Å². The molecular weight excluding hydrogens is 240 g/mol. The van der Waals surface area contributed by atoms with E-state index in [9.17, 15) is 4.79 Å². The molecule has 3 rings (SSSR count). The Balaban J connectivity index is 1.70. The highest BCUT2D eigenvalue weighted by atomic mass is 16.5. The molecule has 1 atom stereocenters. The van der Waals surface area contributed by atoms with Crippen LogP contribution in [0.1, 0.15) is 13.3 Å². The number of carbonyl (C=O) groups excluding carboxylic acids is 1. The Hall–Kier alpha value is -1.97. The minimum absolute atomic E-state index is 0.0748. The minimum Gasteiger partial charge on any atom is -0.477 e. The molecule has 0 spiro atoms. The van der Waals surface area contributed by atoms with E-state index in [0.717, 1.165) is 24.4 Å². The highest BCUT2D eigenvalue weighted by molar-refractivity contribution is 5.83. The normalized spacial score (nSPS) is 21.8. The molecule has 1 aromatic rings. The maximum Gasteiger partial charge on any atom is 0.265 e. The summed E-state index contributed by atoms with van der Waals surface area (Å²) in [5.74, 6) is 0.835. The first-order valence-electron chi connectivity index (χ1n) is 6.68. The number of ether oxygens (including phenoxy) is 1. The van der Waals surface area contributed by atoms with Gasteiger partial charge in [0.25, 0.3) is 5.91 Å². The van der Waals surface area contributed by atoms with Crippen molar-refractivity contribution in [1.82, 2.24) is 4.90 Å². The average molecular weight is 258 g/mol. The minimum atomic E-state index is -0.415. The van der Waals surface area contributed by atoms with Gasteiger partial charge < -0.3 is 15.0 Å². The maximum atomic E-state index is 12.4. The highest BCUT2D eigenvalue weighted by Crippen LogP contribution is 2.28. The zero-order valence-corrected chi connectivity index (χ0v) is 11.1. The third-order valence-corrected chi connectivity index (χ3v) is 3.66. The predicted molar refractivity (Wildman–Crippen MR) is 74.3 cm³/mol. The molecule has 0 fully saturated rings. The highest BCUT2D eigenvalue weighted by Gasteiger charge is 2.29. The zero-order valence-electron chi connectivity index (χ0n) is 11.1. The molecule has 0 saturated carbocycles. The second kappa shape index (κ2) is 4.96. The molecule has 4 heteroatoms. The van der Waals surface area contributed by atoms with Crippen LogP contribution in [-0.2, 0) is 4.79 Å². The van der Waals surface area contributed by atoms with Crippen LogP contribution in [0.25, 0.3) is 0 Å². The summed E-state index contributed by atoms with van der Waals surface area (Å²) in [6, 6.07) is 7.72. The van der Waals surface area contributed by atoms with Crippen molar-refractivity contribution >= 4 is 11.6 Å². The monoisotopic (exact) mass is 258 g/mol. The Morgan fingerprint density at radius 3 is 3.05 bits per heavy atom. The molecular formula is C15H18N2O2. The first-order valence-corrected chi connectivity index (χ1v) is 6.68. The summed E-state index contributed by atoms with van der Waals surface area (Å²) in [5, 5.41) is 3.25. The van der Waals surface area contributed by atoms with Crippen molar-refractivity contribution in [2.24, 2.45) is 0 Å². The summed E-state index contributed by atoms with van der Waals surface area (Å²) in [6.45, 7) is 4.14. The zero-order chi connectivity index (χ0) is 13.2. The van der Waals surface area contributed by atoms with Crippen molar-refractivity contribution in [1.29, 1.82) is 0 Å². The number of amides is 1. The Morgan fingerprint density at radius 1 is 1.42 bits per heavy atom. The van der Waals surface area contributed by atoms with E-state index in [1.165, 1.54) is 5.57 Å². The Kier molecular flexibility index (Phi) is 3.15. The van der Waals surface area contributed by atoms with Gasteiger partial charge in [-0.15, -0.1) is 0 Å². The molecule has 4 nitrogen and oxygen atoms in total. The third-order valence-electron chi connectivity index (χ3n) is 3.66. The van der Waals surface area contributed by atoms with Gasteiger partial charge in [0, 0.05) is 13.1 Å². The lowest BCUT2D eigenvalue weighted by molar-refractivity contribution is -0.138. The van der Waals surface area contributed by atoms with Gasteiger partial charge in [0.15, 0.2) is 6.10 Å². The van der Waals surface area contributed by atoms with Crippen LogP contribution in [0.3, 0.4) is 0 Å². The van der Waals surface area contributed by atoms with Gasteiger partial charge in [-0.05, 0) is 25.5 Å². The molecule has 19 heavy (non-hydrogen) atoms. The van der Waals surface area contributed by atoms with E-state index in [0.29, 0.717) is 13.1 Å².